The van der Waals surface area contributed by atoms with Crippen molar-refractivity contribution in [2.24, 2.45) is 11.8 Å². The van der Waals surface area contributed by atoms with Gasteiger partial charge in [0.05, 0.1) is 26.9 Å². The Morgan fingerprint density at radius 2 is 2.00 bits per heavy atom. The lowest BCUT2D eigenvalue weighted by Crippen LogP contribution is -2.68. The zero-order valence-electron chi connectivity index (χ0n) is 16.7. The Morgan fingerprint density at radius 3 is 2.86 bits per heavy atom. The molecule has 0 aromatic heterocycles. The molecule has 5 heteroatoms. The summed E-state index contributed by atoms with van der Waals surface area (Å²) in [5.74, 6) is 3.05. The van der Waals surface area contributed by atoms with E-state index < -0.39 is 0 Å². The number of hydrogen-bond acceptors (Lipinski definition) is 5. The molecular formula is C23H28N2O3. The Morgan fingerprint density at radius 1 is 1.14 bits per heavy atom. The fourth-order valence-corrected chi connectivity index (χ4v) is 8.04. The summed E-state index contributed by atoms with van der Waals surface area (Å²) in [7, 11) is 3.51. The summed E-state index contributed by atoms with van der Waals surface area (Å²) < 4.78 is 17.9. The Balaban J connectivity index is 1.50. The summed E-state index contributed by atoms with van der Waals surface area (Å²) in [6.07, 6.45) is 6.52. The van der Waals surface area contributed by atoms with E-state index in [9.17, 15) is 0 Å². The van der Waals surface area contributed by atoms with Crippen molar-refractivity contribution >= 4 is 5.69 Å². The quantitative estimate of drug-likeness (QED) is 0.737. The van der Waals surface area contributed by atoms with Gasteiger partial charge in [-0.2, -0.15) is 0 Å². The smallest absolute Gasteiger partial charge is 0.162 e. The van der Waals surface area contributed by atoms with Crippen LogP contribution in [0.2, 0.25) is 0 Å². The van der Waals surface area contributed by atoms with Gasteiger partial charge in [0.25, 0.3) is 0 Å². The molecule has 1 saturated carbocycles. The highest BCUT2D eigenvalue weighted by molar-refractivity contribution is 5.72. The Kier molecular flexibility index (Phi) is 3.02. The molecule has 28 heavy (non-hydrogen) atoms. The molecule has 148 valence electrons. The molecule has 4 fully saturated rings. The molecule has 3 saturated heterocycles. The second-order valence-corrected chi connectivity index (χ2v) is 9.50. The topological polar surface area (TPSA) is 34.2 Å². The highest BCUT2D eigenvalue weighted by atomic mass is 16.5. The molecular weight excluding hydrogens is 352 g/mol. The van der Waals surface area contributed by atoms with Crippen LogP contribution in [0.5, 0.6) is 11.5 Å². The highest BCUT2D eigenvalue weighted by Crippen LogP contribution is 2.66. The van der Waals surface area contributed by atoms with Crippen LogP contribution in [0.4, 0.5) is 5.69 Å². The summed E-state index contributed by atoms with van der Waals surface area (Å²) >= 11 is 0. The van der Waals surface area contributed by atoms with E-state index in [2.05, 4.69) is 28.0 Å². The molecule has 1 aromatic rings. The second-order valence-electron chi connectivity index (χ2n) is 9.50. The number of fused-ring (bicyclic) bond motifs is 2. The molecule has 0 radical (unpaired) electrons. The zero-order valence-corrected chi connectivity index (χ0v) is 16.7. The van der Waals surface area contributed by atoms with E-state index in [0.29, 0.717) is 30.0 Å². The van der Waals surface area contributed by atoms with E-state index in [1.54, 1.807) is 19.8 Å². The van der Waals surface area contributed by atoms with Crippen LogP contribution < -0.4 is 14.4 Å². The van der Waals surface area contributed by atoms with Crippen molar-refractivity contribution in [2.45, 2.75) is 42.9 Å². The van der Waals surface area contributed by atoms with E-state index >= 15 is 0 Å². The van der Waals surface area contributed by atoms with Crippen molar-refractivity contribution < 1.29 is 14.2 Å². The van der Waals surface area contributed by atoms with Crippen molar-refractivity contribution in [3.05, 3.63) is 29.3 Å². The number of benzene rings is 1. The average molecular weight is 380 g/mol. The SMILES string of the molecule is COc1cc2c(cc1OC)[C@@]13CCN4CC5=CCO[C@H]6CCN2[C@H]1[C@H]6[C@H]5C[C@H]43. The van der Waals surface area contributed by atoms with Gasteiger partial charge >= 0.3 is 0 Å². The summed E-state index contributed by atoms with van der Waals surface area (Å²) in [5.41, 5.74) is 4.78. The average Bonchev–Trinajstić information content (AvgIpc) is 3.18. The fourth-order valence-electron chi connectivity index (χ4n) is 8.04. The first-order chi connectivity index (χ1) is 13.8. The van der Waals surface area contributed by atoms with E-state index in [1.807, 2.05) is 0 Å². The number of piperidine rings is 2. The van der Waals surface area contributed by atoms with Crippen LogP contribution in [-0.4, -0.2) is 63.5 Å². The Bertz CT molecular complexity index is 898. The predicted octanol–water partition coefficient (Wildman–Crippen LogP) is 2.58. The summed E-state index contributed by atoms with van der Waals surface area (Å²) in [6.45, 7) is 4.26. The van der Waals surface area contributed by atoms with Crippen molar-refractivity contribution in [3.63, 3.8) is 0 Å². The number of anilines is 1. The number of methoxy groups -OCH3 is 2. The van der Waals surface area contributed by atoms with Crippen LogP contribution in [0, 0.1) is 11.8 Å². The van der Waals surface area contributed by atoms with Crippen LogP contribution in [0.25, 0.3) is 0 Å². The van der Waals surface area contributed by atoms with E-state index in [0.717, 1.165) is 37.6 Å². The minimum Gasteiger partial charge on any atom is -0.493 e. The normalized spacial score (nSPS) is 42.0. The maximum Gasteiger partial charge on any atom is 0.162 e. The summed E-state index contributed by atoms with van der Waals surface area (Å²) in [6, 6.07) is 5.76. The first-order valence-corrected chi connectivity index (χ1v) is 10.8. The lowest BCUT2D eigenvalue weighted by atomic mass is 9.53. The fraction of sp³-hybridized carbons (Fsp3) is 0.652. The van der Waals surface area contributed by atoms with Gasteiger partial charge in [-0.15, -0.1) is 0 Å². The van der Waals surface area contributed by atoms with Crippen LogP contribution >= 0.6 is 0 Å². The first-order valence-electron chi connectivity index (χ1n) is 10.8. The molecule has 7 rings (SSSR count). The molecule has 5 heterocycles. The van der Waals surface area contributed by atoms with Gasteiger partial charge < -0.3 is 19.1 Å². The van der Waals surface area contributed by atoms with Crippen molar-refractivity contribution in [1.29, 1.82) is 0 Å². The lowest BCUT2D eigenvalue weighted by Gasteiger charge is -2.59. The molecule has 0 unspecified atom stereocenters. The number of rotatable bonds is 2. The maximum atomic E-state index is 6.44. The van der Waals surface area contributed by atoms with Gasteiger partial charge in [0.15, 0.2) is 11.5 Å². The predicted molar refractivity (Wildman–Crippen MR) is 106 cm³/mol. The summed E-state index contributed by atoms with van der Waals surface area (Å²) in [5, 5.41) is 0. The van der Waals surface area contributed by atoms with E-state index in [-0.39, 0.29) is 5.41 Å². The number of hydrogen-bond donors (Lipinski definition) is 0. The molecule has 5 nitrogen and oxygen atoms in total. The van der Waals surface area contributed by atoms with Crippen LogP contribution in [0.1, 0.15) is 24.8 Å². The number of ether oxygens (including phenoxy) is 3. The van der Waals surface area contributed by atoms with Crippen molar-refractivity contribution in [1.82, 2.24) is 4.90 Å². The van der Waals surface area contributed by atoms with Crippen LogP contribution in [0.3, 0.4) is 0 Å². The third-order valence-electron chi connectivity index (χ3n) is 8.93. The second kappa shape index (κ2) is 5.25. The Labute approximate surface area is 166 Å². The summed E-state index contributed by atoms with van der Waals surface area (Å²) in [4.78, 5) is 5.51. The van der Waals surface area contributed by atoms with Crippen molar-refractivity contribution in [3.8, 4) is 11.5 Å². The van der Waals surface area contributed by atoms with Crippen molar-refractivity contribution in [2.75, 3.05) is 45.4 Å². The van der Waals surface area contributed by atoms with Crippen LogP contribution in [0.15, 0.2) is 23.8 Å². The zero-order chi connectivity index (χ0) is 18.6. The Hall–Kier alpha value is -1.72. The van der Waals surface area contributed by atoms with Gasteiger partial charge in [0.1, 0.15) is 0 Å². The largest absolute Gasteiger partial charge is 0.493 e. The third-order valence-corrected chi connectivity index (χ3v) is 8.93. The maximum absolute atomic E-state index is 6.44. The van der Waals surface area contributed by atoms with Gasteiger partial charge in [-0.1, -0.05) is 11.6 Å². The van der Waals surface area contributed by atoms with Gasteiger partial charge in [-0.25, -0.2) is 0 Å². The van der Waals surface area contributed by atoms with E-state index in [1.165, 1.54) is 30.6 Å². The monoisotopic (exact) mass is 380 g/mol. The van der Waals surface area contributed by atoms with Gasteiger partial charge in [-0.05, 0) is 43.4 Å². The highest BCUT2D eigenvalue weighted by Gasteiger charge is 2.69. The standard InChI is InChI=1S/C23H28N2O3/c1-26-18-10-15-16(11-19(18)27-2)25-6-3-17-21-14-9-20-23(15,22(21)25)5-7-24(20)12-13(14)4-8-28-17/h4,10-11,14,17,20-22H,3,5-9,12H2,1-2H3/t14-,17-,20-,21-,22-,23+/m0/s1. The molecule has 1 aliphatic carbocycles. The first kappa shape index (κ1) is 16.1. The van der Waals surface area contributed by atoms with Gasteiger partial charge in [0.2, 0.25) is 0 Å². The van der Waals surface area contributed by atoms with Crippen LogP contribution in [-0.2, 0) is 10.2 Å². The number of nitrogens with zero attached hydrogens (tertiary/aromatic N) is 2. The molecule has 2 bridgehead atoms. The molecule has 6 atom stereocenters. The molecule has 6 aliphatic rings. The van der Waals surface area contributed by atoms with Gasteiger partial charge in [-0.3, -0.25) is 4.90 Å². The minimum absolute atomic E-state index is 0.216. The third kappa shape index (κ3) is 1.65. The molecule has 0 amide bonds. The molecule has 5 aliphatic heterocycles. The minimum atomic E-state index is 0.216. The molecule has 0 N–H and O–H groups in total. The molecule has 1 spiro atoms. The molecule has 1 aromatic carbocycles. The van der Waals surface area contributed by atoms with Gasteiger partial charge in [0, 0.05) is 48.3 Å². The lowest BCUT2D eigenvalue weighted by molar-refractivity contribution is -0.0566. The van der Waals surface area contributed by atoms with E-state index in [4.69, 9.17) is 14.2 Å².